The molecule has 0 N–H and O–H groups in total. The quantitative estimate of drug-likeness (QED) is 0.541. The zero-order chi connectivity index (χ0) is 15.6. The number of nitrogens with zero attached hydrogens (tertiary/aromatic N) is 4. The van der Waals surface area contributed by atoms with E-state index in [-0.39, 0.29) is 5.56 Å². The summed E-state index contributed by atoms with van der Waals surface area (Å²) in [6, 6.07) is 7.94. The van der Waals surface area contributed by atoms with Crippen molar-refractivity contribution >= 4 is 27.3 Å². The minimum atomic E-state index is 0.0190. The first-order valence-corrected chi connectivity index (χ1v) is 8.52. The summed E-state index contributed by atoms with van der Waals surface area (Å²) in [7, 11) is 0. The Kier molecular flexibility index (Phi) is 2.56. The summed E-state index contributed by atoms with van der Waals surface area (Å²) in [5.74, 6) is 0.577. The Balaban J connectivity index is 2.00. The van der Waals surface area contributed by atoms with Crippen molar-refractivity contribution in [1.82, 2.24) is 19.2 Å². The molecule has 6 heteroatoms. The van der Waals surface area contributed by atoms with Crippen molar-refractivity contribution in [2.75, 3.05) is 0 Å². The Bertz CT molecular complexity index is 1130. The lowest BCUT2D eigenvalue weighted by Gasteiger charge is -2.09. The van der Waals surface area contributed by atoms with E-state index in [4.69, 9.17) is 0 Å². The van der Waals surface area contributed by atoms with Crippen LogP contribution in [0.1, 0.15) is 22.4 Å². The van der Waals surface area contributed by atoms with Crippen molar-refractivity contribution in [3.63, 3.8) is 0 Å². The summed E-state index contributed by atoms with van der Waals surface area (Å²) in [6.45, 7) is 2.02. The molecule has 0 aliphatic heterocycles. The van der Waals surface area contributed by atoms with E-state index in [1.807, 2.05) is 35.6 Å². The molecule has 1 aromatic carbocycles. The monoisotopic (exact) mass is 322 g/mol. The highest BCUT2D eigenvalue weighted by Crippen LogP contribution is 2.36. The maximum atomic E-state index is 13.3. The van der Waals surface area contributed by atoms with Crippen molar-refractivity contribution in [1.29, 1.82) is 0 Å². The van der Waals surface area contributed by atoms with Gasteiger partial charge in [-0.1, -0.05) is 12.1 Å². The molecular weight excluding hydrogens is 308 g/mol. The van der Waals surface area contributed by atoms with Gasteiger partial charge in [0, 0.05) is 4.88 Å². The van der Waals surface area contributed by atoms with Crippen LogP contribution in [-0.2, 0) is 12.8 Å². The van der Waals surface area contributed by atoms with E-state index in [0.717, 1.165) is 40.7 Å². The predicted molar refractivity (Wildman–Crippen MR) is 90.7 cm³/mol. The van der Waals surface area contributed by atoms with Crippen molar-refractivity contribution in [3.8, 4) is 5.69 Å². The van der Waals surface area contributed by atoms with Crippen LogP contribution in [0, 0.1) is 6.92 Å². The second kappa shape index (κ2) is 4.52. The lowest BCUT2D eigenvalue weighted by atomic mass is 10.2. The number of thiophene rings is 1. The standard InChI is InChI=1S/C17H14N4OS/c1-10-4-2-5-11(8-10)21-15(22)14-12-6-3-7-13(12)23-16(14)20-9-18-19-17(20)21/h2,4-5,8-9H,3,6-7H2,1H3. The minimum absolute atomic E-state index is 0.0190. The molecule has 0 spiro atoms. The molecule has 3 heterocycles. The van der Waals surface area contributed by atoms with Gasteiger partial charge in [-0.15, -0.1) is 21.5 Å². The highest BCUT2D eigenvalue weighted by Gasteiger charge is 2.24. The summed E-state index contributed by atoms with van der Waals surface area (Å²) in [4.78, 5) is 15.6. The van der Waals surface area contributed by atoms with Gasteiger partial charge in [0.05, 0.1) is 11.1 Å². The van der Waals surface area contributed by atoms with Gasteiger partial charge in [-0.25, -0.2) is 4.57 Å². The Labute approximate surface area is 135 Å². The van der Waals surface area contributed by atoms with Gasteiger partial charge in [0.15, 0.2) is 0 Å². The smallest absolute Gasteiger partial charge is 0.268 e. The van der Waals surface area contributed by atoms with Gasteiger partial charge in [0.1, 0.15) is 11.2 Å². The molecule has 5 rings (SSSR count). The summed E-state index contributed by atoms with van der Waals surface area (Å²) >= 11 is 1.71. The Hall–Kier alpha value is -2.47. The average molecular weight is 322 g/mol. The molecule has 5 nitrogen and oxygen atoms in total. The highest BCUT2D eigenvalue weighted by atomic mass is 32.1. The van der Waals surface area contributed by atoms with Crippen LogP contribution in [0.25, 0.3) is 21.7 Å². The van der Waals surface area contributed by atoms with Crippen LogP contribution in [0.4, 0.5) is 0 Å². The minimum Gasteiger partial charge on any atom is -0.268 e. The van der Waals surface area contributed by atoms with E-state index in [1.165, 1.54) is 10.4 Å². The number of aryl methyl sites for hydroxylation is 3. The average Bonchev–Trinajstić information content (AvgIpc) is 3.21. The molecule has 1 aliphatic rings. The fraction of sp³-hybridized carbons (Fsp3) is 0.235. The van der Waals surface area contributed by atoms with Crippen LogP contribution < -0.4 is 5.56 Å². The zero-order valence-corrected chi connectivity index (χ0v) is 13.4. The lowest BCUT2D eigenvalue weighted by molar-refractivity contribution is 0.913. The lowest BCUT2D eigenvalue weighted by Crippen LogP contribution is -2.21. The third kappa shape index (κ3) is 1.69. The number of hydrogen-bond acceptors (Lipinski definition) is 4. The van der Waals surface area contributed by atoms with Crippen LogP contribution in [0.15, 0.2) is 35.4 Å². The first-order chi connectivity index (χ1) is 11.2. The second-order valence-electron chi connectivity index (χ2n) is 6.02. The Morgan fingerprint density at radius 3 is 3.04 bits per heavy atom. The summed E-state index contributed by atoms with van der Waals surface area (Å²) in [5.41, 5.74) is 3.20. The molecule has 0 unspecified atom stereocenters. The zero-order valence-electron chi connectivity index (χ0n) is 12.6. The number of benzene rings is 1. The number of fused-ring (bicyclic) bond motifs is 5. The van der Waals surface area contributed by atoms with Crippen molar-refractivity contribution in [2.45, 2.75) is 26.2 Å². The SMILES string of the molecule is Cc1cccc(-n2c(=O)c3c4c(sc3n3cnnc23)CCC4)c1. The molecule has 23 heavy (non-hydrogen) atoms. The van der Waals surface area contributed by atoms with Gasteiger partial charge in [-0.05, 0) is 49.4 Å². The molecule has 3 aromatic heterocycles. The molecule has 0 saturated heterocycles. The van der Waals surface area contributed by atoms with E-state index in [1.54, 1.807) is 22.2 Å². The summed E-state index contributed by atoms with van der Waals surface area (Å²) < 4.78 is 3.63. The molecule has 1 aliphatic carbocycles. The molecule has 0 saturated carbocycles. The van der Waals surface area contributed by atoms with Crippen LogP contribution in [-0.4, -0.2) is 19.2 Å². The Morgan fingerprint density at radius 2 is 2.17 bits per heavy atom. The molecule has 114 valence electrons. The normalized spacial score (nSPS) is 14.0. The second-order valence-corrected chi connectivity index (χ2v) is 7.10. The third-order valence-electron chi connectivity index (χ3n) is 4.53. The van der Waals surface area contributed by atoms with E-state index >= 15 is 0 Å². The topological polar surface area (TPSA) is 52.2 Å². The molecule has 4 aromatic rings. The van der Waals surface area contributed by atoms with Gasteiger partial charge in [0.25, 0.3) is 5.56 Å². The van der Waals surface area contributed by atoms with Gasteiger partial charge in [0.2, 0.25) is 5.78 Å². The largest absolute Gasteiger partial charge is 0.268 e. The summed E-state index contributed by atoms with van der Waals surface area (Å²) in [6.07, 6.45) is 4.91. The number of aromatic nitrogens is 4. The number of rotatable bonds is 1. The predicted octanol–water partition coefficient (Wildman–Crippen LogP) is 2.89. The van der Waals surface area contributed by atoms with Gasteiger partial charge in [-0.3, -0.25) is 9.20 Å². The van der Waals surface area contributed by atoms with E-state index < -0.39 is 0 Å². The Morgan fingerprint density at radius 1 is 1.26 bits per heavy atom. The van der Waals surface area contributed by atoms with Gasteiger partial charge >= 0.3 is 0 Å². The van der Waals surface area contributed by atoms with E-state index in [2.05, 4.69) is 10.2 Å². The first kappa shape index (κ1) is 13.0. The first-order valence-electron chi connectivity index (χ1n) is 7.70. The van der Waals surface area contributed by atoms with Crippen LogP contribution >= 0.6 is 11.3 Å². The van der Waals surface area contributed by atoms with E-state index in [9.17, 15) is 4.79 Å². The maximum Gasteiger partial charge on any atom is 0.268 e. The van der Waals surface area contributed by atoms with Gasteiger partial charge in [-0.2, -0.15) is 0 Å². The summed E-state index contributed by atoms with van der Waals surface area (Å²) in [5, 5.41) is 9.09. The van der Waals surface area contributed by atoms with Crippen molar-refractivity contribution in [2.24, 2.45) is 0 Å². The molecule has 0 atom stereocenters. The van der Waals surface area contributed by atoms with Crippen molar-refractivity contribution in [3.05, 3.63) is 57.0 Å². The molecular formula is C17H14N4OS. The van der Waals surface area contributed by atoms with Crippen LogP contribution in [0.3, 0.4) is 0 Å². The number of hydrogen-bond donors (Lipinski definition) is 0. The third-order valence-corrected chi connectivity index (χ3v) is 5.82. The molecule has 0 radical (unpaired) electrons. The fourth-order valence-corrected chi connectivity index (χ4v) is 4.85. The fourth-order valence-electron chi connectivity index (χ4n) is 3.51. The highest BCUT2D eigenvalue weighted by molar-refractivity contribution is 7.19. The molecule has 0 bridgehead atoms. The molecule has 0 fully saturated rings. The van der Waals surface area contributed by atoms with Gasteiger partial charge < -0.3 is 0 Å². The maximum absolute atomic E-state index is 13.3. The molecule has 0 amide bonds. The van der Waals surface area contributed by atoms with Crippen LogP contribution in [0.5, 0.6) is 0 Å². The van der Waals surface area contributed by atoms with Crippen molar-refractivity contribution < 1.29 is 0 Å². The van der Waals surface area contributed by atoms with E-state index in [0.29, 0.717) is 5.78 Å². The van der Waals surface area contributed by atoms with Crippen LogP contribution in [0.2, 0.25) is 0 Å².